The number of thiophene rings is 1. The summed E-state index contributed by atoms with van der Waals surface area (Å²) in [6, 6.07) is 5.65. The van der Waals surface area contributed by atoms with E-state index in [0.29, 0.717) is 12.2 Å². The fourth-order valence-electron chi connectivity index (χ4n) is 2.65. The smallest absolute Gasteiger partial charge is 0.339 e. The minimum atomic E-state index is -0.297. The van der Waals surface area contributed by atoms with Crippen LogP contribution in [0.4, 0.5) is 0 Å². The Morgan fingerprint density at radius 2 is 2.04 bits per heavy atom. The molecule has 3 rings (SSSR count). The van der Waals surface area contributed by atoms with Gasteiger partial charge in [-0.1, -0.05) is 0 Å². The number of hydrogen-bond acceptors (Lipinski definition) is 6. The number of pyridine rings is 1. The Bertz CT molecular complexity index is 596. The van der Waals surface area contributed by atoms with Crippen molar-refractivity contribution in [2.75, 3.05) is 39.3 Å². The first-order valence-corrected chi connectivity index (χ1v) is 8.78. The molecule has 23 heavy (non-hydrogen) atoms. The van der Waals surface area contributed by atoms with E-state index in [1.54, 1.807) is 29.7 Å². The van der Waals surface area contributed by atoms with Crippen LogP contribution in [0.3, 0.4) is 0 Å². The second-order valence-electron chi connectivity index (χ2n) is 5.63. The number of piperazine rings is 1. The molecular weight excluding hydrogens is 310 g/mol. The number of rotatable bonds is 6. The lowest BCUT2D eigenvalue weighted by molar-refractivity contribution is 0.0419. The summed E-state index contributed by atoms with van der Waals surface area (Å²) < 4.78 is 5.31. The summed E-state index contributed by atoms with van der Waals surface area (Å²) in [7, 11) is 0. The summed E-state index contributed by atoms with van der Waals surface area (Å²) in [5.74, 6) is -0.297. The molecule has 0 saturated carbocycles. The van der Waals surface area contributed by atoms with E-state index >= 15 is 0 Å². The van der Waals surface area contributed by atoms with Crippen LogP contribution in [-0.4, -0.2) is 60.1 Å². The molecule has 0 N–H and O–H groups in total. The third kappa shape index (κ3) is 4.86. The fourth-order valence-corrected chi connectivity index (χ4v) is 3.31. The minimum absolute atomic E-state index is 0.297. The second-order valence-corrected chi connectivity index (χ2v) is 6.41. The summed E-state index contributed by atoms with van der Waals surface area (Å²) in [5.41, 5.74) is 1.90. The molecule has 1 aliphatic rings. The van der Waals surface area contributed by atoms with Gasteiger partial charge in [0.2, 0.25) is 0 Å². The standard InChI is InChI=1S/C17H21N3O2S/c21-17(16-2-1-4-18-12-16)22-10-9-19-5-7-20(8-6-19)13-15-3-11-23-14-15/h1-4,11-12,14H,5-10,13H2. The number of nitrogens with zero attached hydrogens (tertiary/aromatic N) is 3. The van der Waals surface area contributed by atoms with Crippen molar-refractivity contribution < 1.29 is 9.53 Å². The predicted octanol–water partition coefficient (Wildman–Crippen LogP) is 2.12. The van der Waals surface area contributed by atoms with E-state index in [0.717, 1.165) is 39.3 Å². The van der Waals surface area contributed by atoms with E-state index < -0.39 is 0 Å². The van der Waals surface area contributed by atoms with Gasteiger partial charge in [-0.3, -0.25) is 14.8 Å². The minimum Gasteiger partial charge on any atom is -0.461 e. The average Bonchev–Trinajstić information content (AvgIpc) is 3.10. The van der Waals surface area contributed by atoms with Crippen molar-refractivity contribution in [2.45, 2.75) is 6.54 Å². The van der Waals surface area contributed by atoms with E-state index in [4.69, 9.17) is 4.74 Å². The quantitative estimate of drug-likeness (QED) is 0.759. The van der Waals surface area contributed by atoms with Gasteiger partial charge >= 0.3 is 5.97 Å². The van der Waals surface area contributed by atoms with Crippen molar-refractivity contribution in [1.29, 1.82) is 0 Å². The monoisotopic (exact) mass is 331 g/mol. The highest BCUT2D eigenvalue weighted by Gasteiger charge is 2.17. The zero-order valence-corrected chi connectivity index (χ0v) is 13.9. The molecule has 0 aromatic carbocycles. The summed E-state index contributed by atoms with van der Waals surface area (Å²) in [6.07, 6.45) is 3.18. The molecule has 0 amide bonds. The molecule has 122 valence electrons. The van der Waals surface area contributed by atoms with Crippen molar-refractivity contribution in [1.82, 2.24) is 14.8 Å². The molecule has 0 atom stereocenters. The van der Waals surface area contributed by atoms with Crippen LogP contribution in [-0.2, 0) is 11.3 Å². The summed E-state index contributed by atoms with van der Waals surface area (Å²) >= 11 is 1.75. The van der Waals surface area contributed by atoms with Crippen LogP contribution in [0.2, 0.25) is 0 Å². The molecule has 2 aromatic rings. The van der Waals surface area contributed by atoms with Crippen LogP contribution in [0.25, 0.3) is 0 Å². The highest BCUT2D eigenvalue weighted by Crippen LogP contribution is 2.11. The summed E-state index contributed by atoms with van der Waals surface area (Å²) in [6.45, 7) is 6.42. The Kier molecular flexibility index (Phi) is 5.74. The molecule has 0 radical (unpaired) electrons. The lowest BCUT2D eigenvalue weighted by Crippen LogP contribution is -2.46. The lowest BCUT2D eigenvalue weighted by Gasteiger charge is -2.34. The third-order valence-corrected chi connectivity index (χ3v) is 4.72. The van der Waals surface area contributed by atoms with Crippen molar-refractivity contribution >= 4 is 17.3 Å². The van der Waals surface area contributed by atoms with E-state index in [2.05, 4.69) is 31.6 Å². The topological polar surface area (TPSA) is 45.7 Å². The van der Waals surface area contributed by atoms with E-state index in [-0.39, 0.29) is 5.97 Å². The van der Waals surface area contributed by atoms with E-state index in [1.807, 2.05) is 0 Å². The van der Waals surface area contributed by atoms with Crippen molar-refractivity contribution in [3.05, 3.63) is 52.5 Å². The molecule has 6 heteroatoms. The summed E-state index contributed by atoms with van der Waals surface area (Å²) in [4.78, 5) is 20.6. The summed E-state index contributed by atoms with van der Waals surface area (Å²) in [5, 5.41) is 4.34. The van der Waals surface area contributed by atoms with Gasteiger partial charge in [0.1, 0.15) is 6.61 Å². The van der Waals surface area contributed by atoms with E-state index in [9.17, 15) is 4.79 Å². The molecule has 0 aliphatic carbocycles. The van der Waals surface area contributed by atoms with Gasteiger partial charge in [-0.05, 0) is 34.5 Å². The maximum Gasteiger partial charge on any atom is 0.339 e. The van der Waals surface area contributed by atoms with Gasteiger partial charge in [0, 0.05) is 51.7 Å². The van der Waals surface area contributed by atoms with Gasteiger partial charge in [0.25, 0.3) is 0 Å². The first-order chi connectivity index (χ1) is 11.3. The Morgan fingerprint density at radius 1 is 1.22 bits per heavy atom. The molecule has 0 spiro atoms. The Morgan fingerprint density at radius 3 is 2.74 bits per heavy atom. The lowest BCUT2D eigenvalue weighted by atomic mass is 10.2. The largest absolute Gasteiger partial charge is 0.461 e. The molecule has 2 aromatic heterocycles. The number of carbonyl (C=O) groups excluding carboxylic acids is 1. The molecule has 0 bridgehead atoms. The highest BCUT2D eigenvalue weighted by atomic mass is 32.1. The van der Waals surface area contributed by atoms with Crippen LogP contribution in [0, 0.1) is 0 Å². The third-order valence-electron chi connectivity index (χ3n) is 3.99. The zero-order chi connectivity index (χ0) is 15.9. The van der Waals surface area contributed by atoms with Gasteiger partial charge in [0.05, 0.1) is 5.56 Å². The van der Waals surface area contributed by atoms with Crippen LogP contribution < -0.4 is 0 Å². The number of esters is 1. The van der Waals surface area contributed by atoms with Gasteiger partial charge in [-0.25, -0.2) is 4.79 Å². The SMILES string of the molecule is O=C(OCCN1CCN(Cc2ccsc2)CC1)c1cccnc1. The van der Waals surface area contributed by atoms with Crippen LogP contribution in [0.5, 0.6) is 0 Å². The first-order valence-electron chi connectivity index (χ1n) is 7.84. The molecule has 3 heterocycles. The first kappa shape index (κ1) is 16.1. The van der Waals surface area contributed by atoms with Crippen LogP contribution in [0.15, 0.2) is 41.4 Å². The Hall–Kier alpha value is -1.76. The van der Waals surface area contributed by atoms with Gasteiger partial charge in [-0.2, -0.15) is 11.3 Å². The normalized spacial score (nSPS) is 16.3. The number of ether oxygens (including phenoxy) is 1. The number of hydrogen-bond donors (Lipinski definition) is 0. The maximum absolute atomic E-state index is 11.8. The number of carbonyl (C=O) groups is 1. The van der Waals surface area contributed by atoms with E-state index in [1.165, 1.54) is 11.8 Å². The molecule has 1 aliphatic heterocycles. The number of aromatic nitrogens is 1. The van der Waals surface area contributed by atoms with Crippen molar-refractivity contribution in [3.63, 3.8) is 0 Å². The van der Waals surface area contributed by atoms with Crippen molar-refractivity contribution in [3.8, 4) is 0 Å². The average molecular weight is 331 g/mol. The van der Waals surface area contributed by atoms with Crippen LogP contribution >= 0.6 is 11.3 Å². The molecular formula is C17H21N3O2S. The van der Waals surface area contributed by atoms with Gasteiger partial charge < -0.3 is 4.74 Å². The van der Waals surface area contributed by atoms with Gasteiger partial charge in [-0.15, -0.1) is 0 Å². The molecule has 1 fully saturated rings. The highest BCUT2D eigenvalue weighted by molar-refractivity contribution is 7.07. The molecule has 5 nitrogen and oxygen atoms in total. The fraction of sp³-hybridized carbons (Fsp3) is 0.412. The van der Waals surface area contributed by atoms with Gasteiger partial charge in [0.15, 0.2) is 0 Å². The second kappa shape index (κ2) is 8.19. The van der Waals surface area contributed by atoms with Crippen molar-refractivity contribution in [2.24, 2.45) is 0 Å². The maximum atomic E-state index is 11.8. The predicted molar refractivity (Wildman–Crippen MR) is 90.6 cm³/mol. The zero-order valence-electron chi connectivity index (χ0n) is 13.1. The molecule has 1 saturated heterocycles. The Labute approximate surface area is 140 Å². The Balaban J connectivity index is 1.34. The molecule has 0 unspecified atom stereocenters. The van der Waals surface area contributed by atoms with Crippen LogP contribution in [0.1, 0.15) is 15.9 Å².